The Morgan fingerprint density at radius 3 is 2.67 bits per heavy atom. The molecule has 1 heterocycles. The molecule has 0 saturated heterocycles. The van der Waals surface area contributed by atoms with Crippen molar-refractivity contribution in [3.05, 3.63) is 12.1 Å². The molecule has 1 unspecified atom stereocenters. The van der Waals surface area contributed by atoms with Crippen molar-refractivity contribution >= 4 is 0 Å². The van der Waals surface area contributed by atoms with E-state index in [0.29, 0.717) is 12.0 Å². The van der Waals surface area contributed by atoms with Crippen molar-refractivity contribution in [1.82, 2.24) is 9.80 Å². The van der Waals surface area contributed by atoms with Gasteiger partial charge in [0.1, 0.15) is 6.17 Å². The lowest BCUT2D eigenvalue weighted by Gasteiger charge is -2.26. The summed E-state index contributed by atoms with van der Waals surface area (Å²) in [6, 6.07) is 0. The number of hydrogen-bond donors (Lipinski definition) is 1. The molecular formula is C9H18N2O. The molecule has 0 bridgehead atoms. The summed E-state index contributed by atoms with van der Waals surface area (Å²) in [5, 5.41) is 9.38. The predicted octanol–water partition coefficient (Wildman–Crippen LogP) is 1.74. The van der Waals surface area contributed by atoms with Crippen molar-refractivity contribution in [1.29, 1.82) is 0 Å². The highest BCUT2D eigenvalue weighted by Crippen LogP contribution is 2.18. The zero-order chi connectivity index (χ0) is 9.14. The number of nitrogens with zero attached hydrogens (tertiary/aromatic N) is 2. The van der Waals surface area contributed by atoms with Gasteiger partial charge in [-0.1, -0.05) is 13.3 Å². The molecule has 1 rings (SSSR count). The molecule has 3 heteroatoms. The average molecular weight is 170 g/mol. The van der Waals surface area contributed by atoms with Crippen LogP contribution in [0.4, 0.5) is 0 Å². The minimum Gasteiger partial charge on any atom is -0.494 e. The Kier molecular flexibility index (Phi) is 2.84. The summed E-state index contributed by atoms with van der Waals surface area (Å²) in [6.45, 7) is 5.30. The average Bonchev–Trinajstić information content (AvgIpc) is 2.30. The first-order valence-electron chi connectivity index (χ1n) is 4.56. The molecule has 1 aliphatic heterocycles. The second kappa shape index (κ2) is 3.70. The molecule has 70 valence electrons. The fraction of sp³-hybridized carbons (Fsp3) is 0.778. The van der Waals surface area contributed by atoms with Crippen molar-refractivity contribution < 1.29 is 5.11 Å². The third-order valence-corrected chi connectivity index (χ3v) is 2.45. The largest absolute Gasteiger partial charge is 0.494 e. The van der Waals surface area contributed by atoms with Gasteiger partial charge in [-0.2, -0.15) is 0 Å². The van der Waals surface area contributed by atoms with E-state index < -0.39 is 0 Å². The molecule has 12 heavy (non-hydrogen) atoms. The minimum absolute atomic E-state index is 0.302. The van der Waals surface area contributed by atoms with Crippen molar-refractivity contribution in [2.45, 2.75) is 32.9 Å². The number of hydrogen-bond acceptors (Lipinski definition) is 3. The van der Waals surface area contributed by atoms with Crippen molar-refractivity contribution in [3.63, 3.8) is 0 Å². The predicted molar refractivity (Wildman–Crippen MR) is 49.6 cm³/mol. The van der Waals surface area contributed by atoms with Crippen LogP contribution in [0.3, 0.4) is 0 Å². The van der Waals surface area contributed by atoms with Gasteiger partial charge in [-0.25, -0.2) is 0 Å². The Morgan fingerprint density at radius 1 is 1.58 bits per heavy atom. The third kappa shape index (κ3) is 1.65. The summed E-state index contributed by atoms with van der Waals surface area (Å²) in [7, 11) is 1.91. The fourth-order valence-corrected chi connectivity index (χ4v) is 1.35. The van der Waals surface area contributed by atoms with Crippen LogP contribution < -0.4 is 0 Å². The second-order valence-corrected chi connectivity index (χ2v) is 3.32. The van der Waals surface area contributed by atoms with Crippen LogP contribution in [-0.4, -0.2) is 34.7 Å². The SMILES string of the molecule is CCCCN1C=C(O)N(C)C1C. The van der Waals surface area contributed by atoms with Crippen LogP contribution >= 0.6 is 0 Å². The Hall–Kier alpha value is -0.860. The van der Waals surface area contributed by atoms with E-state index in [1.54, 1.807) is 0 Å². The van der Waals surface area contributed by atoms with Crippen molar-refractivity contribution in [2.75, 3.05) is 13.6 Å². The molecule has 0 aromatic heterocycles. The van der Waals surface area contributed by atoms with E-state index in [-0.39, 0.29) is 0 Å². The summed E-state index contributed by atoms with van der Waals surface area (Å²) in [5.41, 5.74) is 0. The minimum atomic E-state index is 0.302. The third-order valence-electron chi connectivity index (χ3n) is 2.45. The lowest BCUT2D eigenvalue weighted by atomic mass is 10.3. The molecule has 0 aromatic rings. The van der Waals surface area contributed by atoms with E-state index in [9.17, 15) is 5.11 Å². The lowest BCUT2D eigenvalue weighted by molar-refractivity contribution is 0.146. The maximum absolute atomic E-state index is 9.38. The smallest absolute Gasteiger partial charge is 0.204 e. The van der Waals surface area contributed by atoms with E-state index >= 15 is 0 Å². The van der Waals surface area contributed by atoms with Crippen LogP contribution in [0.5, 0.6) is 0 Å². The summed E-state index contributed by atoms with van der Waals surface area (Å²) in [6.07, 6.45) is 4.50. The van der Waals surface area contributed by atoms with E-state index in [1.807, 2.05) is 18.1 Å². The molecule has 1 atom stereocenters. The van der Waals surface area contributed by atoms with Gasteiger partial charge in [-0.15, -0.1) is 0 Å². The molecule has 0 aromatic carbocycles. The highest BCUT2D eigenvalue weighted by Gasteiger charge is 2.23. The fourth-order valence-electron chi connectivity index (χ4n) is 1.35. The van der Waals surface area contributed by atoms with Crippen LogP contribution in [0.1, 0.15) is 26.7 Å². The number of unbranched alkanes of at least 4 members (excludes halogenated alkanes) is 1. The summed E-state index contributed by atoms with van der Waals surface area (Å²) >= 11 is 0. The zero-order valence-electron chi connectivity index (χ0n) is 8.12. The van der Waals surface area contributed by atoms with Gasteiger partial charge in [0.15, 0.2) is 0 Å². The molecule has 0 radical (unpaired) electrons. The van der Waals surface area contributed by atoms with Gasteiger partial charge >= 0.3 is 0 Å². The molecule has 3 nitrogen and oxygen atoms in total. The Morgan fingerprint density at radius 2 is 2.25 bits per heavy atom. The highest BCUT2D eigenvalue weighted by atomic mass is 16.3. The number of aliphatic hydroxyl groups is 1. The summed E-state index contributed by atoms with van der Waals surface area (Å²) in [5.74, 6) is 0.374. The van der Waals surface area contributed by atoms with Gasteiger partial charge in [-0.05, 0) is 13.3 Å². The van der Waals surface area contributed by atoms with E-state index in [0.717, 1.165) is 6.54 Å². The second-order valence-electron chi connectivity index (χ2n) is 3.32. The van der Waals surface area contributed by atoms with Crippen molar-refractivity contribution in [2.24, 2.45) is 0 Å². The molecule has 1 N–H and O–H groups in total. The monoisotopic (exact) mass is 170 g/mol. The van der Waals surface area contributed by atoms with Crippen LogP contribution in [0.25, 0.3) is 0 Å². The molecule has 0 amide bonds. The first-order valence-corrected chi connectivity index (χ1v) is 4.56. The van der Waals surface area contributed by atoms with Gasteiger partial charge in [0.2, 0.25) is 5.88 Å². The van der Waals surface area contributed by atoms with Gasteiger partial charge in [0.05, 0.1) is 6.20 Å². The first kappa shape index (κ1) is 9.23. The normalized spacial score (nSPS) is 23.2. The Bertz CT molecular complexity index is 179. The summed E-state index contributed by atoms with van der Waals surface area (Å²) < 4.78 is 0. The van der Waals surface area contributed by atoms with E-state index in [4.69, 9.17) is 0 Å². The van der Waals surface area contributed by atoms with Crippen LogP contribution in [-0.2, 0) is 0 Å². The maximum Gasteiger partial charge on any atom is 0.204 e. The van der Waals surface area contributed by atoms with Gasteiger partial charge in [-0.3, -0.25) is 0 Å². The van der Waals surface area contributed by atoms with Crippen LogP contribution in [0.2, 0.25) is 0 Å². The lowest BCUT2D eigenvalue weighted by Crippen LogP contribution is -2.35. The highest BCUT2D eigenvalue weighted by molar-refractivity contribution is 4.99. The van der Waals surface area contributed by atoms with Crippen molar-refractivity contribution in [3.8, 4) is 0 Å². The van der Waals surface area contributed by atoms with E-state index in [1.165, 1.54) is 12.8 Å². The van der Waals surface area contributed by atoms with Gasteiger partial charge in [0, 0.05) is 13.6 Å². The topological polar surface area (TPSA) is 26.7 Å². The van der Waals surface area contributed by atoms with E-state index in [2.05, 4.69) is 18.7 Å². The molecule has 1 aliphatic rings. The standard InChI is InChI=1S/C9H18N2O/c1-4-5-6-11-7-9(12)10(3)8(11)2/h7-8,12H,4-6H2,1-3H3. The Balaban J connectivity index is 2.46. The number of aliphatic hydroxyl groups excluding tert-OH is 1. The maximum atomic E-state index is 9.38. The quantitative estimate of drug-likeness (QED) is 0.699. The molecule has 0 fully saturated rings. The summed E-state index contributed by atoms with van der Waals surface area (Å²) in [4.78, 5) is 4.04. The van der Waals surface area contributed by atoms with Crippen LogP contribution in [0, 0.1) is 0 Å². The Labute approximate surface area is 74.3 Å². The molecule has 0 aliphatic carbocycles. The van der Waals surface area contributed by atoms with Gasteiger partial charge in [0.25, 0.3) is 0 Å². The number of rotatable bonds is 3. The molecule has 0 spiro atoms. The zero-order valence-corrected chi connectivity index (χ0v) is 8.12. The van der Waals surface area contributed by atoms with Gasteiger partial charge < -0.3 is 14.9 Å². The first-order chi connectivity index (χ1) is 5.66. The van der Waals surface area contributed by atoms with Crippen LogP contribution in [0.15, 0.2) is 12.1 Å². The molecular weight excluding hydrogens is 152 g/mol. The molecule has 0 saturated carbocycles.